The number of aliphatic carboxylic acids is 1. The lowest BCUT2D eigenvalue weighted by Crippen LogP contribution is -2.51. The van der Waals surface area contributed by atoms with Gasteiger partial charge in [-0.1, -0.05) is 13.8 Å². The lowest BCUT2D eigenvalue weighted by atomic mass is 9.83. The molecule has 1 aliphatic rings. The number of hydrogen-bond donors (Lipinski definition) is 2. The predicted molar refractivity (Wildman–Crippen MR) is 56.4 cm³/mol. The zero-order chi connectivity index (χ0) is 11.5. The number of rotatable bonds is 3. The first kappa shape index (κ1) is 12.0. The molecule has 0 aromatic rings. The third kappa shape index (κ3) is 2.70. The Balaban J connectivity index is 2.82. The molecule has 0 heterocycles. The maximum absolute atomic E-state index is 11.2. The van der Waals surface area contributed by atoms with Crippen molar-refractivity contribution in [1.29, 1.82) is 0 Å². The summed E-state index contributed by atoms with van der Waals surface area (Å²) in [4.78, 5) is 21.7. The molecule has 4 heteroatoms. The van der Waals surface area contributed by atoms with E-state index < -0.39 is 11.5 Å². The van der Waals surface area contributed by atoms with E-state index in [9.17, 15) is 14.7 Å². The minimum absolute atomic E-state index is 0.182. The first-order valence-corrected chi connectivity index (χ1v) is 5.37. The van der Waals surface area contributed by atoms with Crippen LogP contribution < -0.4 is 5.32 Å². The van der Waals surface area contributed by atoms with Gasteiger partial charge in [-0.25, -0.2) is 4.79 Å². The molecular weight excluding hydrogens is 194 g/mol. The Kier molecular flexibility index (Phi) is 3.37. The first-order chi connectivity index (χ1) is 6.92. The fourth-order valence-corrected chi connectivity index (χ4v) is 2.20. The Morgan fingerprint density at radius 2 is 1.93 bits per heavy atom. The van der Waals surface area contributed by atoms with E-state index in [1.165, 1.54) is 0 Å². The van der Waals surface area contributed by atoms with Gasteiger partial charge >= 0.3 is 5.97 Å². The number of carboxylic acids is 1. The summed E-state index contributed by atoms with van der Waals surface area (Å²) < 4.78 is 0. The smallest absolute Gasteiger partial charge is 0.329 e. The summed E-state index contributed by atoms with van der Waals surface area (Å²) >= 11 is 0. The fourth-order valence-electron chi connectivity index (χ4n) is 2.20. The summed E-state index contributed by atoms with van der Waals surface area (Å²) in [5.41, 5.74) is -0.850. The van der Waals surface area contributed by atoms with Gasteiger partial charge in [-0.15, -0.1) is 0 Å². The molecule has 0 aromatic carbocycles. The summed E-state index contributed by atoms with van der Waals surface area (Å²) in [7, 11) is 0. The summed E-state index contributed by atoms with van der Waals surface area (Å²) in [6.45, 7) is 4.29. The van der Waals surface area contributed by atoms with E-state index in [4.69, 9.17) is 0 Å². The van der Waals surface area contributed by atoms with Gasteiger partial charge in [0.05, 0.1) is 0 Å². The number of amides is 1. The fraction of sp³-hybridized carbons (Fsp3) is 0.818. The van der Waals surface area contributed by atoms with Gasteiger partial charge in [0.15, 0.2) is 0 Å². The van der Waals surface area contributed by atoms with Gasteiger partial charge in [0.25, 0.3) is 0 Å². The Bertz CT molecular complexity index is 263. The first-order valence-electron chi connectivity index (χ1n) is 5.37. The van der Waals surface area contributed by atoms with E-state index in [0.717, 1.165) is 19.3 Å². The van der Waals surface area contributed by atoms with Crippen molar-refractivity contribution >= 4 is 12.4 Å². The van der Waals surface area contributed by atoms with E-state index in [1.54, 1.807) is 0 Å². The second kappa shape index (κ2) is 4.21. The zero-order valence-electron chi connectivity index (χ0n) is 9.38. The van der Waals surface area contributed by atoms with Crippen LogP contribution in [0.3, 0.4) is 0 Å². The van der Waals surface area contributed by atoms with Crippen molar-refractivity contribution in [2.75, 3.05) is 0 Å². The molecule has 1 unspecified atom stereocenters. The monoisotopic (exact) mass is 213 g/mol. The van der Waals surface area contributed by atoms with Crippen molar-refractivity contribution in [2.24, 2.45) is 5.41 Å². The quantitative estimate of drug-likeness (QED) is 0.552. The maximum Gasteiger partial charge on any atom is 0.329 e. The largest absolute Gasteiger partial charge is 0.480 e. The van der Waals surface area contributed by atoms with Crippen molar-refractivity contribution in [2.45, 2.75) is 51.5 Å². The highest BCUT2D eigenvalue weighted by Crippen LogP contribution is 2.38. The van der Waals surface area contributed by atoms with Gasteiger partial charge in [-0.05, 0) is 37.5 Å². The Hall–Kier alpha value is -1.06. The van der Waals surface area contributed by atoms with E-state index in [2.05, 4.69) is 19.2 Å². The Morgan fingerprint density at radius 3 is 2.47 bits per heavy atom. The minimum Gasteiger partial charge on any atom is -0.480 e. The lowest BCUT2D eigenvalue weighted by molar-refractivity contribution is -0.147. The van der Waals surface area contributed by atoms with Crippen LogP contribution in [0.1, 0.15) is 46.0 Å². The molecule has 15 heavy (non-hydrogen) atoms. The SMILES string of the molecule is CC1(C)CCCC(NC=O)(C(=O)O)CC1. The molecule has 0 bridgehead atoms. The second-order valence-electron chi connectivity index (χ2n) is 5.17. The van der Waals surface area contributed by atoms with E-state index in [1.807, 2.05) is 0 Å². The van der Waals surface area contributed by atoms with Crippen molar-refractivity contribution in [3.05, 3.63) is 0 Å². The van der Waals surface area contributed by atoms with Crippen molar-refractivity contribution < 1.29 is 14.7 Å². The van der Waals surface area contributed by atoms with Crippen LogP contribution in [0.4, 0.5) is 0 Å². The number of carbonyl (C=O) groups is 2. The van der Waals surface area contributed by atoms with Crippen LogP contribution in [0.2, 0.25) is 0 Å². The summed E-state index contributed by atoms with van der Waals surface area (Å²) in [6, 6.07) is 0. The van der Waals surface area contributed by atoms with E-state index in [0.29, 0.717) is 19.3 Å². The summed E-state index contributed by atoms with van der Waals surface area (Å²) in [6.07, 6.45) is 4.26. The molecule has 0 saturated heterocycles. The standard InChI is InChI=1S/C11H19NO3/c1-10(2)4-3-5-11(7-6-10,9(14)15)12-8-13/h8H,3-7H2,1-2H3,(H,12,13)(H,14,15). The van der Waals surface area contributed by atoms with Gasteiger partial charge in [0.2, 0.25) is 6.41 Å². The molecule has 0 aromatic heterocycles. The Morgan fingerprint density at radius 1 is 1.27 bits per heavy atom. The number of carbonyl (C=O) groups excluding carboxylic acids is 1. The molecule has 1 amide bonds. The molecule has 86 valence electrons. The lowest BCUT2D eigenvalue weighted by Gasteiger charge is -2.28. The molecule has 0 spiro atoms. The molecule has 1 fully saturated rings. The van der Waals surface area contributed by atoms with Gasteiger partial charge in [0.1, 0.15) is 5.54 Å². The van der Waals surface area contributed by atoms with Crippen molar-refractivity contribution in [3.8, 4) is 0 Å². The predicted octanol–water partition coefficient (Wildman–Crippen LogP) is 1.55. The van der Waals surface area contributed by atoms with E-state index in [-0.39, 0.29) is 5.41 Å². The number of carboxylic acid groups (broad SMARTS) is 1. The van der Waals surface area contributed by atoms with Crippen LogP contribution in [0.5, 0.6) is 0 Å². The van der Waals surface area contributed by atoms with Crippen LogP contribution >= 0.6 is 0 Å². The van der Waals surface area contributed by atoms with E-state index >= 15 is 0 Å². The van der Waals surface area contributed by atoms with Crippen molar-refractivity contribution in [1.82, 2.24) is 5.32 Å². The average Bonchev–Trinajstić information content (AvgIpc) is 2.27. The van der Waals surface area contributed by atoms with Gasteiger partial charge in [-0.2, -0.15) is 0 Å². The normalized spacial score (nSPS) is 30.3. The maximum atomic E-state index is 11.2. The molecular formula is C11H19NO3. The molecule has 1 atom stereocenters. The van der Waals surface area contributed by atoms with Crippen LogP contribution in [0.25, 0.3) is 0 Å². The number of hydrogen-bond acceptors (Lipinski definition) is 2. The van der Waals surface area contributed by atoms with Crippen LogP contribution in [-0.2, 0) is 9.59 Å². The zero-order valence-corrected chi connectivity index (χ0v) is 9.38. The van der Waals surface area contributed by atoms with Gasteiger partial charge in [-0.3, -0.25) is 4.79 Å². The molecule has 1 rings (SSSR count). The molecule has 1 aliphatic carbocycles. The molecule has 4 nitrogen and oxygen atoms in total. The molecule has 0 aliphatic heterocycles. The topological polar surface area (TPSA) is 66.4 Å². The Labute approximate surface area is 90.0 Å². The molecule has 1 saturated carbocycles. The second-order valence-corrected chi connectivity index (χ2v) is 5.17. The van der Waals surface area contributed by atoms with Crippen molar-refractivity contribution in [3.63, 3.8) is 0 Å². The summed E-state index contributed by atoms with van der Waals surface area (Å²) in [5, 5.41) is 11.7. The minimum atomic E-state index is -1.03. The highest BCUT2D eigenvalue weighted by molar-refractivity contribution is 5.81. The number of nitrogens with one attached hydrogen (secondary N) is 1. The molecule has 2 N–H and O–H groups in total. The third-order valence-electron chi connectivity index (χ3n) is 3.43. The van der Waals surface area contributed by atoms with Crippen LogP contribution in [0.15, 0.2) is 0 Å². The third-order valence-corrected chi connectivity index (χ3v) is 3.43. The highest BCUT2D eigenvalue weighted by atomic mass is 16.4. The van der Waals surface area contributed by atoms with Crippen LogP contribution in [-0.4, -0.2) is 23.0 Å². The van der Waals surface area contributed by atoms with Gasteiger partial charge in [0, 0.05) is 0 Å². The van der Waals surface area contributed by atoms with Crippen LogP contribution in [0, 0.1) is 5.41 Å². The summed E-state index contributed by atoms with van der Waals surface area (Å²) in [5.74, 6) is -0.910. The highest BCUT2D eigenvalue weighted by Gasteiger charge is 2.41. The average molecular weight is 213 g/mol. The molecule has 0 radical (unpaired) electrons. The van der Waals surface area contributed by atoms with Gasteiger partial charge < -0.3 is 10.4 Å².